The van der Waals surface area contributed by atoms with Gasteiger partial charge in [0.15, 0.2) is 0 Å². The van der Waals surface area contributed by atoms with Gasteiger partial charge in [-0.15, -0.1) is 11.3 Å². The highest BCUT2D eigenvalue weighted by Crippen LogP contribution is 2.25. The second kappa shape index (κ2) is 6.86. The Morgan fingerprint density at radius 3 is 2.70 bits per heavy atom. The van der Waals surface area contributed by atoms with Crippen molar-refractivity contribution in [2.45, 2.75) is 39.8 Å². The van der Waals surface area contributed by atoms with Gasteiger partial charge < -0.3 is 9.88 Å². The van der Waals surface area contributed by atoms with Crippen LogP contribution in [0.2, 0.25) is 0 Å². The van der Waals surface area contributed by atoms with E-state index in [0.29, 0.717) is 6.54 Å². The lowest BCUT2D eigenvalue weighted by atomic mass is 10.2. The van der Waals surface area contributed by atoms with Crippen LogP contribution in [0.25, 0.3) is 10.6 Å². The second-order valence-corrected chi connectivity index (χ2v) is 6.11. The van der Waals surface area contributed by atoms with Gasteiger partial charge >= 0.3 is 0 Å². The Bertz CT molecular complexity index is 599. The number of hydrogen-bond acceptors (Lipinski definition) is 3. The molecule has 0 aliphatic rings. The van der Waals surface area contributed by atoms with Crippen molar-refractivity contribution in [1.29, 1.82) is 0 Å². The van der Waals surface area contributed by atoms with E-state index in [1.807, 2.05) is 22.1 Å². The molecule has 20 heavy (non-hydrogen) atoms. The van der Waals surface area contributed by atoms with Gasteiger partial charge in [-0.1, -0.05) is 19.1 Å². The fourth-order valence-corrected chi connectivity index (χ4v) is 3.02. The fraction of sp³-hybridized carbons (Fsp3) is 0.438. The molecule has 0 aliphatic heterocycles. The van der Waals surface area contributed by atoms with Gasteiger partial charge in [0.2, 0.25) is 0 Å². The third kappa shape index (κ3) is 3.19. The Morgan fingerprint density at radius 1 is 1.30 bits per heavy atom. The summed E-state index contributed by atoms with van der Waals surface area (Å²) >= 11 is 1.67. The number of aromatic nitrogens is 1. The van der Waals surface area contributed by atoms with Gasteiger partial charge in [0.25, 0.3) is 5.56 Å². The molecule has 0 amide bonds. The van der Waals surface area contributed by atoms with Crippen LogP contribution < -0.4 is 10.9 Å². The van der Waals surface area contributed by atoms with Crippen LogP contribution >= 0.6 is 11.3 Å². The van der Waals surface area contributed by atoms with Crippen molar-refractivity contribution in [3.8, 4) is 10.6 Å². The van der Waals surface area contributed by atoms with Gasteiger partial charge in [0.05, 0.1) is 10.6 Å². The number of rotatable bonds is 6. The summed E-state index contributed by atoms with van der Waals surface area (Å²) in [6.07, 6.45) is 1.08. The summed E-state index contributed by atoms with van der Waals surface area (Å²) in [6.45, 7) is 7.82. The van der Waals surface area contributed by atoms with Crippen molar-refractivity contribution in [2.24, 2.45) is 0 Å². The Balaban J connectivity index is 2.41. The maximum atomic E-state index is 12.6. The first kappa shape index (κ1) is 15.0. The van der Waals surface area contributed by atoms with Crippen LogP contribution in [0, 0.1) is 0 Å². The molecule has 3 nitrogen and oxygen atoms in total. The monoisotopic (exact) mass is 290 g/mol. The van der Waals surface area contributed by atoms with E-state index in [4.69, 9.17) is 0 Å². The predicted octanol–water partition coefficient (Wildman–Crippen LogP) is 3.66. The lowest BCUT2D eigenvalue weighted by molar-refractivity contribution is 0.573. The second-order valence-electron chi connectivity index (χ2n) is 5.17. The number of thiophene rings is 1. The van der Waals surface area contributed by atoms with Crippen LogP contribution in [-0.2, 0) is 6.54 Å². The fourth-order valence-electron chi connectivity index (χ4n) is 2.27. The highest BCUT2D eigenvalue weighted by Gasteiger charge is 2.13. The van der Waals surface area contributed by atoms with Crippen LogP contribution in [-0.4, -0.2) is 11.1 Å². The topological polar surface area (TPSA) is 34.0 Å². The van der Waals surface area contributed by atoms with E-state index in [9.17, 15) is 4.79 Å². The van der Waals surface area contributed by atoms with E-state index in [1.165, 1.54) is 0 Å². The summed E-state index contributed by atoms with van der Waals surface area (Å²) in [5.41, 5.74) is 1.97. The zero-order valence-electron chi connectivity index (χ0n) is 12.3. The highest BCUT2D eigenvalue weighted by molar-refractivity contribution is 7.13. The molecular formula is C16H22N2OS. The van der Waals surface area contributed by atoms with Crippen LogP contribution in [0.5, 0.6) is 0 Å². The molecule has 2 aromatic rings. The minimum Gasteiger partial charge on any atom is -0.312 e. The molecule has 2 heterocycles. The predicted molar refractivity (Wildman–Crippen MR) is 86.4 cm³/mol. The summed E-state index contributed by atoms with van der Waals surface area (Å²) in [6, 6.07) is 8.26. The number of hydrogen-bond donors (Lipinski definition) is 1. The largest absolute Gasteiger partial charge is 0.312 e. The average molecular weight is 290 g/mol. The lowest BCUT2D eigenvalue weighted by Crippen LogP contribution is -2.29. The minimum atomic E-state index is 0.120. The summed E-state index contributed by atoms with van der Waals surface area (Å²) in [5.74, 6) is 0. The molecule has 0 saturated carbocycles. The van der Waals surface area contributed by atoms with Crippen molar-refractivity contribution >= 4 is 11.3 Å². The zero-order chi connectivity index (χ0) is 14.5. The van der Waals surface area contributed by atoms with Crippen LogP contribution in [0.1, 0.15) is 38.8 Å². The number of pyridine rings is 1. The van der Waals surface area contributed by atoms with E-state index in [1.54, 1.807) is 11.3 Å². The van der Waals surface area contributed by atoms with E-state index in [2.05, 4.69) is 38.2 Å². The molecule has 0 saturated heterocycles. The first-order valence-electron chi connectivity index (χ1n) is 7.14. The Morgan fingerprint density at radius 2 is 2.10 bits per heavy atom. The van der Waals surface area contributed by atoms with Crippen molar-refractivity contribution in [3.63, 3.8) is 0 Å². The number of nitrogens with one attached hydrogen (secondary N) is 1. The summed E-state index contributed by atoms with van der Waals surface area (Å²) in [5, 5.41) is 5.34. The van der Waals surface area contributed by atoms with Gasteiger partial charge in [-0.3, -0.25) is 4.79 Å². The van der Waals surface area contributed by atoms with Crippen LogP contribution in [0.3, 0.4) is 0 Å². The molecule has 0 radical (unpaired) electrons. The molecule has 0 unspecified atom stereocenters. The molecule has 1 N–H and O–H groups in total. The van der Waals surface area contributed by atoms with Crippen LogP contribution in [0.15, 0.2) is 34.4 Å². The maximum Gasteiger partial charge on any atom is 0.255 e. The standard InChI is InChI=1S/C16H22N2OS/c1-4-9-17-11-13-7-8-14(15-6-5-10-20-15)18(12(2)3)16(13)19/h5-8,10,12,17H,4,9,11H2,1-3H3. The van der Waals surface area contributed by atoms with E-state index >= 15 is 0 Å². The average Bonchev–Trinajstić information content (AvgIpc) is 2.94. The van der Waals surface area contributed by atoms with Crippen molar-refractivity contribution in [2.75, 3.05) is 6.54 Å². The molecular weight excluding hydrogens is 268 g/mol. The summed E-state index contributed by atoms with van der Waals surface area (Å²) in [4.78, 5) is 13.8. The first-order chi connectivity index (χ1) is 9.65. The normalized spacial score (nSPS) is 11.2. The summed E-state index contributed by atoms with van der Waals surface area (Å²) in [7, 11) is 0. The van der Waals surface area contributed by atoms with E-state index < -0.39 is 0 Å². The zero-order valence-corrected chi connectivity index (χ0v) is 13.2. The smallest absolute Gasteiger partial charge is 0.255 e. The highest BCUT2D eigenvalue weighted by atomic mass is 32.1. The summed E-state index contributed by atoms with van der Waals surface area (Å²) < 4.78 is 1.90. The maximum absolute atomic E-state index is 12.6. The molecule has 0 fully saturated rings. The molecule has 0 atom stereocenters. The molecule has 2 aromatic heterocycles. The van der Waals surface area contributed by atoms with Gasteiger partial charge in [-0.25, -0.2) is 0 Å². The Hall–Kier alpha value is -1.39. The molecule has 4 heteroatoms. The Kier molecular flexibility index (Phi) is 5.15. The molecule has 0 bridgehead atoms. The lowest BCUT2D eigenvalue weighted by Gasteiger charge is -2.17. The van der Waals surface area contributed by atoms with Gasteiger partial charge in [-0.05, 0) is 44.3 Å². The van der Waals surface area contributed by atoms with Crippen molar-refractivity contribution < 1.29 is 0 Å². The third-order valence-electron chi connectivity index (χ3n) is 3.23. The van der Waals surface area contributed by atoms with E-state index in [-0.39, 0.29) is 11.6 Å². The molecule has 0 aliphatic carbocycles. The SMILES string of the molecule is CCCNCc1ccc(-c2cccs2)n(C(C)C)c1=O. The van der Waals surface area contributed by atoms with Crippen molar-refractivity contribution in [1.82, 2.24) is 9.88 Å². The molecule has 2 rings (SSSR count). The quantitative estimate of drug-likeness (QED) is 0.824. The first-order valence-corrected chi connectivity index (χ1v) is 8.02. The molecule has 108 valence electrons. The van der Waals surface area contributed by atoms with Gasteiger partial charge in [-0.2, -0.15) is 0 Å². The minimum absolute atomic E-state index is 0.120. The van der Waals surface area contributed by atoms with Gasteiger partial charge in [0, 0.05) is 18.2 Å². The van der Waals surface area contributed by atoms with Crippen molar-refractivity contribution in [3.05, 3.63) is 45.6 Å². The van der Waals surface area contributed by atoms with Crippen LogP contribution in [0.4, 0.5) is 0 Å². The third-order valence-corrected chi connectivity index (χ3v) is 4.12. The molecule has 0 spiro atoms. The Labute approximate surface area is 124 Å². The number of nitrogens with zero attached hydrogens (tertiary/aromatic N) is 1. The molecule has 0 aromatic carbocycles. The van der Waals surface area contributed by atoms with E-state index in [0.717, 1.165) is 29.1 Å². The van der Waals surface area contributed by atoms with Gasteiger partial charge in [0.1, 0.15) is 0 Å².